The van der Waals surface area contributed by atoms with E-state index in [1.807, 2.05) is 35.7 Å². The van der Waals surface area contributed by atoms with Gasteiger partial charge in [-0.25, -0.2) is 13.3 Å². The fourth-order valence-electron chi connectivity index (χ4n) is 2.35. The van der Waals surface area contributed by atoms with E-state index in [0.29, 0.717) is 4.96 Å². The average molecular weight is 356 g/mol. The molecule has 0 atom stereocenters. The Balaban J connectivity index is 1.63. The fraction of sp³-hybridized carbons (Fsp3) is 0. The van der Waals surface area contributed by atoms with Crippen LogP contribution in [0.5, 0.6) is 0 Å². The highest BCUT2D eigenvalue weighted by atomic mass is 32.1. The molecule has 0 fully saturated rings. The van der Waals surface area contributed by atoms with Gasteiger partial charge in [0.1, 0.15) is 0 Å². The van der Waals surface area contributed by atoms with Crippen molar-refractivity contribution in [2.45, 2.75) is 0 Å². The topological polar surface area (TPSA) is 59.3 Å². The van der Waals surface area contributed by atoms with Gasteiger partial charge in [0, 0.05) is 16.5 Å². The van der Waals surface area contributed by atoms with Gasteiger partial charge in [0.15, 0.2) is 11.6 Å². The first kappa shape index (κ1) is 15.4. The van der Waals surface area contributed by atoms with E-state index in [1.165, 1.54) is 17.4 Å². The van der Waals surface area contributed by atoms with E-state index in [2.05, 4.69) is 15.4 Å². The molecule has 0 unspecified atom stereocenters. The molecular weight excluding hydrogens is 346 g/mol. The van der Waals surface area contributed by atoms with Crippen LogP contribution in [0.15, 0.2) is 53.9 Å². The molecule has 1 N–H and O–H groups in total. The number of rotatable bonds is 3. The maximum Gasteiger partial charge on any atom is 0.258 e. The zero-order valence-electron chi connectivity index (χ0n) is 12.6. The second kappa shape index (κ2) is 6.06. The van der Waals surface area contributed by atoms with Crippen molar-refractivity contribution < 1.29 is 13.6 Å². The van der Waals surface area contributed by atoms with Crippen LogP contribution >= 0.6 is 11.3 Å². The Morgan fingerprint density at radius 1 is 1.08 bits per heavy atom. The monoisotopic (exact) mass is 356 g/mol. The number of anilines is 1. The van der Waals surface area contributed by atoms with Crippen molar-refractivity contribution in [3.8, 4) is 11.3 Å². The van der Waals surface area contributed by atoms with Crippen LogP contribution in [-0.4, -0.2) is 20.5 Å². The Bertz CT molecular complexity index is 1070. The van der Waals surface area contributed by atoms with Crippen LogP contribution in [0.25, 0.3) is 16.2 Å². The van der Waals surface area contributed by atoms with E-state index in [0.717, 1.165) is 23.4 Å². The highest BCUT2D eigenvalue weighted by Crippen LogP contribution is 2.25. The number of hydrogen-bond acceptors (Lipinski definition) is 4. The molecule has 5 nitrogen and oxygen atoms in total. The molecule has 1 amide bonds. The number of hydrogen-bond donors (Lipinski definition) is 1. The number of carbonyl (C=O) groups is 1. The van der Waals surface area contributed by atoms with E-state index in [-0.39, 0.29) is 11.5 Å². The molecule has 0 spiro atoms. The predicted octanol–water partition coefficient (Wildman–Crippen LogP) is 3.99. The van der Waals surface area contributed by atoms with Crippen LogP contribution in [-0.2, 0) is 0 Å². The molecule has 0 radical (unpaired) electrons. The molecule has 0 aliphatic rings. The van der Waals surface area contributed by atoms with Crippen LogP contribution < -0.4 is 5.32 Å². The number of nitrogens with one attached hydrogen (secondary N) is 1. The number of thiazole rings is 1. The van der Waals surface area contributed by atoms with E-state index in [4.69, 9.17) is 0 Å². The maximum atomic E-state index is 13.2. The molecule has 124 valence electrons. The minimum Gasteiger partial charge on any atom is -0.289 e. The van der Waals surface area contributed by atoms with Crippen molar-refractivity contribution in [1.82, 2.24) is 14.6 Å². The predicted molar refractivity (Wildman–Crippen MR) is 90.6 cm³/mol. The van der Waals surface area contributed by atoms with E-state index in [1.54, 1.807) is 4.52 Å². The van der Waals surface area contributed by atoms with Gasteiger partial charge in [0.05, 0.1) is 5.69 Å². The fourth-order valence-corrected chi connectivity index (χ4v) is 3.18. The minimum absolute atomic E-state index is 0.0136. The van der Waals surface area contributed by atoms with E-state index in [9.17, 15) is 13.6 Å². The molecule has 2 heterocycles. The Morgan fingerprint density at radius 2 is 1.88 bits per heavy atom. The van der Waals surface area contributed by atoms with Gasteiger partial charge in [-0.3, -0.25) is 10.1 Å². The molecule has 0 saturated heterocycles. The highest BCUT2D eigenvalue weighted by molar-refractivity contribution is 7.15. The molecule has 25 heavy (non-hydrogen) atoms. The molecule has 0 saturated carbocycles. The molecule has 0 bridgehead atoms. The lowest BCUT2D eigenvalue weighted by Crippen LogP contribution is -2.13. The Labute approximate surface area is 144 Å². The number of aromatic nitrogens is 3. The first-order chi connectivity index (χ1) is 12.1. The molecule has 2 aromatic heterocycles. The number of benzene rings is 2. The standard InChI is InChI=1S/C17H10F2N4OS/c18-12-7-6-11(8-13(12)19)15(24)20-16-21-17-23(22-16)14(9-25-17)10-4-2-1-3-5-10/h1-9H,(H,20,22,24). The lowest BCUT2D eigenvalue weighted by molar-refractivity contribution is 0.102. The third kappa shape index (κ3) is 2.87. The molecule has 0 aliphatic heterocycles. The van der Waals surface area contributed by atoms with Crippen LogP contribution in [0.4, 0.5) is 14.7 Å². The number of carbonyl (C=O) groups excluding carboxylic acids is 1. The van der Waals surface area contributed by atoms with Gasteiger partial charge in [0.2, 0.25) is 4.96 Å². The van der Waals surface area contributed by atoms with E-state index < -0.39 is 17.5 Å². The van der Waals surface area contributed by atoms with Crippen molar-refractivity contribution in [3.63, 3.8) is 0 Å². The average Bonchev–Trinajstić information content (AvgIpc) is 3.18. The Hall–Kier alpha value is -3.13. The van der Waals surface area contributed by atoms with Crippen molar-refractivity contribution in [2.75, 3.05) is 5.32 Å². The number of fused-ring (bicyclic) bond motifs is 1. The minimum atomic E-state index is -1.09. The van der Waals surface area contributed by atoms with Gasteiger partial charge in [-0.1, -0.05) is 30.3 Å². The molecule has 2 aromatic carbocycles. The van der Waals surface area contributed by atoms with Gasteiger partial charge in [-0.2, -0.15) is 4.98 Å². The van der Waals surface area contributed by atoms with Crippen LogP contribution in [0.1, 0.15) is 10.4 Å². The third-order valence-electron chi connectivity index (χ3n) is 3.56. The van der Waals surface area contributed by atoms with Gasteiger partial charge in [-0.15, -0.1) is 16.4 Å². The van der Waals surface area contributed by atoms with Gasteiger partial charge < -0.3 is 0 Å². The summed E-state index contributed by atoms with van der Waals surface area (Å²) in [5.41, 5.74) is 1.80. The summed E-state index contributed by atoms with van der Waals surface area (Å²) >= 11 is 1.39. The third-order valence-corrected chi connectivity index (χ3v) is 4.37. The first-order valence-electron chi connectivity index (χ1n) is 7.28. The lowest BCUT2D eigenvalue weighted by Gasteiger charge is -2.01. The maximum absolute atomic E-state index is 13.2. The zero-order valence-corrected chi connectivity index (χ0v) is 13.4. The lowest BCUT2D eigenvalue weighted by atomic mass is 10.2. The van der Waals surface area contributed by atoms with Crippen molar-refractivity contribution in [3.05, 3.63) is 71.1 Å². The van der Waals surface area contributed by atoms with E-state index >= 15 is 0 Å². The summed E-state index contributed by atoms with van der Waals surface area (Å²) in [6.07, 6.45) is 0. The van der Waals surface area contributed by atoms with Crippen LogP contribution in [0.2, 0.25) is 0 Å². The molecule has 4 rings (SSSR count). The Kier molecular flexibility index (Phi) is 3.73. The summed E-state index contributed by atoms with van der Waals surface area (Å²) in [6.45, 7) is 0. The first-order valence-corrected chi connectivity index (χ1v) is 8.16. The molecule has 0 aliphatic carbocycles. The Morgan fingerprint density at radius 3 is 2.64 bits per heavy atom. The van der Waals surface area contributed by atoms with Gasteiger partial charge in [0.25, 0.3) is 11.9 Å². The van der Waals surface area contributed by atoms with Crippen molar-refractivity contribution in [2.24, 2.45) is 0 Å². The SMILES string of the molecule is O=C(Nc1nc2scc(-c3ccccc3)n2n1)c1ccc(F)c(F)c1. The van der Waals surface area contributed by atoms with Crippen LogP contribution in [0.3, 0.4) is 0 Å². The largest absolute Gasteiger partial charge is 0.289 e. The van der Waals surface area contributed by atoms with Gasteiger partial charge >= 0.3 is 0 Å². The van der Waals surface area contributed by atoms with Crippen molar-refractivity contribution >= 4 is 28.2 Å². The number of nitrogens with zero attached hydrogens (tertiary/aromatic N) is 3. The summed E-state index contributed by atoms with van der Waals surface area (Å²) in [6, 6.07) is 12.6. The highest BCUT2D eigenvalue weighted by Gasteiger charge is 2.15. The summed E-state index contributed by atoms with van der Waals surface area (Å²) in [5, 5.41) is 8.69. The molecule has 4 aromatic rings. The normalized spacial score (nSPS) is 11.0. The quantitative estimate of drug-likeness (QED) is 0.604. The number of amides is 1. The van der Waals surface area contributed by atoms with Crippen LogP contribution in [0, 0.1) is 11.6 Å². The van der Waals surface area contributed by atoms with Gasteiger partial charge in [-0.05, 0) is 18.2 Å². The summed E-state index contributed by atoms with van der Waals surface area (Å²) in [7, 11) is 0. The summed E-state index contributed by atoms with van der Waals surface area (Å²) in [4.78, 5) is 17.0. The number of halogens is 2. The smallest absolute Gasteiger partial charge is 0.258 e. The molecular formula is C17H10F2N4OS. The summed E-state index contributed by atoms with van der Waals surface area (Å²) < 4.78 is 27.8. The van der Waals surface area contributed by atoms with Crippen molar-refractivity contribution in [1.29, 1.82) is 0 Å². The summed E-state index contributed by atoms with van der Waals surface area (Å²) in [5.74, 6) is -2.61. The molecule has 8 heteroatoms. The second-order valence-electron chi connectivity index (χ2n) is 5.20. The zero-order chi connectivity index (χ0) is 17.4. The second-order valence-corrected chi connectivity index (χ2v) is 6.04.